The molecule has 2 aromatic rings. The molecule has 6 nitrogen and oxygen atoms in total. The van der Waals surface area contributed by atoms with Crippen LogP contribution in [0.3, 0.4) is 0 Å². The zero-order valence-corrected chi connectivity index (χ0v) is 16.5. The molecule has 2 bridgehead atoms. The van der Waals surface area contributed by atoms with E-state index in [1.54, 1.807) is 6.07 Å². The summed E-state index contributed by atoms with van der Waals surface area (Å²) in [7, 11) is 0. The summed E-state index contributed by atoms with van der Waals surface area (Å²) in [6.45, 7) is 3.29. The summed E-state index contributed by atoms with van der Waals surface area (Å²) in [5.41, 5.74) is 6.28. The Morgan fingerprint density at radius 3 is 2.62 bits per heavy atom. The molecule has 1 aromatic heterocycles. The Morgan fingerprint density at radius 1 is 1.27 bits per heavy atom. The van der Waals surface area contributed by atoms with Crippen molar-refractivity contribution >= 4 is 58.0 Å². The Kier molecular flexibility index (Phi) is 6.74. The summed E-state index contributed by atoms with van der Waals surface area (Å²) in [5, 5.41) is 16.0. The molecule has 3 fully saturated rings. The van der Waals surface area contributed by atoms with Gasteiger partial charge in [0.15, 0.2) is 5.84 Å². The number of halogens is 2. The van der Waals surface area contributed by atoms with Crippen LogP contribution in [0.1, 0.15) is 28.1 Å². The van der Waals surface area contributed by atoms with Crippen molar-refractivity contribution in [1.29, 1.82) is 0 Å². The van der Waals surface area contributed by atoms with Gasteiger partial charge in [-0.15, -0.1) is 36.2 Å². The maximum atomic E-state index is 12.6. The standard InChI is InChI=1S/C17H20N4O2S.2ClH/c18-16(20-23)12-2-1-11-7-15(24-14(11)8-12)17(22)19-13-9-21-5-3-10(13)4-6-21;;/h1-2,7-8,10,13,23H,3-6,9H2,(H2,18,20)(H,19,22);2*1H/t13-;;/m0../s1. The fraction of sp³-hybridized carbons (Fsp3) is 0.412. The predicted molar refractivity (Wildman–Crippen MR) is 109 cm³/mol. The lowest BCUT2D eigenvalue weighted by Gasteiger charge is -2.44. The third-order valence-electron chi connectivity index (χ3n) is 5.12. The molecule has 5 rings (SSSR count). The molecule has 1 amide bonds. The Balaban J connectivity index is 0.00000121. The molecule has 1 atom stereocenters. The number of nitrogens with zero attached hydrogens (tertiary/aromatic N) is 2. The molecule has 142 valence electrons. The number of thiophene rings is 1. The van der Waals surface area contributed by atoms with E-state index in [2.05, 4.69) is 15.4 Å². The molecule has 26 heavy (non-hydrogen) atoms. The van der Waals surface area contributed by atoms with Gasteiger partial charge in [0.1, 0.15) is 0 Å². The molecule has 0 unspecified atom stereocenters. The minimum absolute atomic E-state index is 0. The Bertz CT molecular complexity index is 818. The monoisotopic (exact) mass is 416 g/mol. The minimum atomic E-state index is 0. The van der Waals surface area contributed by atoms with Gasteiger partial charge in [-0.25, -0.2) is 0 Å². The Morgan fingerprint density at radius 2 is 2.00 bits per heavy atom. The van der Waals surface area contributed by atoms with Crippen molar-refractivity contribution in [3.05, 3.63) is 34.7 Å². The number of amidine groups is 1. The fourth-order valence-corrected chi connectivity index (χ4v) is 4.73. The number of hydrogen-bond donors (Lipinski definition) is 3. The highest BCUT2D eigenvalue weighted by molar-refractivity contribution is 7.20. The van der Waals surface area contributed by atoms with Crippen LogP contribution in [0.4, 0.5) is 0 Å². The van der Waals surface area contributed by atoms with E-state index in [0.717, 1.165) is 29.7 Å². The van der Waals surface area contributed by atoms with Crippen LogP contribution in [0.2, 0.25) is 0 Å². The van der Waals surface area contributed by atoms with Gasteiger partial charge in [-0.3, -0.25) is 4.79 Å². The number of carbonyl (C=O) groups is 1. The number of hydrogen-bond acceptors (Lipinski definition) is 5. The van der Waals surface area contributed by atoms with Crippen molar-refractivity contribution in [2.75, 3.05) is 19.6 Å². The molecule has 0 spiro atoms. The normalized spacial score (nSPS) is 24.6. The first-order valence-electron chi connectivity index (χ1n) is 8.19. The van der Waals surface area contributed by atoms with Crippen molar-refractivity contribution < 1.29 is 10.0 Å². The van der Waals surface area contributed by atoms with Crippen LogP contribution in [0.25, 0.3) is 10.1 Å². The van der Waals surface area contributed by atoms with Gasteiger partial charge >= 0.3 is 0 Å². The first-order chi connectivity index (χ1) is 11.6. The molecule has 1 aromatic carbocycles. The van der Waals surface area contributed by atoms with E-state index in [-0.39, 0.29) is 42.6 Å². The summed E-state index contributed by atoms with van der Waals surface area (Å²) in [4.78, 5) is 15.8. The maximum Gasteiger partial charge on any atom is 0.261 e. The number of carbonyl (C=O) groups excluding carboxylic acids is 1. The zero-order valence-electron chi connectivity index (χ0n) is 14.1. The number of nitrogens with one attached hydrogen (secondary N) is 1. The van der Waals surface area contributed by atoms with Crippen LogP contribution < -0.4 is 11.1 Å². The Hall–Kier alpha value is -1.54. The molecule has 9 heteroatoms. The summed E-state index contributed by atoms with van der Waals surface area (Å²) in [5.74, 6) is 0.685. The van der Waals surface area contributed by atoms with E-state index < -0.39 is 0 Å². The van der Waals surface area contributed by atoms with Crippen molar-refractivity contribution in [2.24, 2.45) is 16.8 Å². The highest BCUT2D eigenvalue weighted by Crippen LogP contribution is 2.30. The fourth-order valence-electron chi connectivity index (χ4n) is 3.73. The largest absolute Gasteiger partial charge is 0.409 e. The molecule has 0 saturated carbocycles. The lowest BCUT2D eigenvalue weighted by atomic mass is 9.84. The number of fused-ring (bicyclic) bond motifs is 4. The number of amides is 1. The second-order valence-corrected chi connectivity index (χ2v) is 7.65. The van der Waals surface area contributed by atoms with Crippen LogP contribution in [-0.2, 0) is 0 Å². The smallest absolute Gasteiger partial charge is 0.261 e. The number of oxime groups is 1. The van der Waals surface area contributed by atoms with Crippen molar-refractivity contribution in [1.82, 2.24) is 10.2 Å². The van der Waals surface area contributed by atoms with Gasteiger partial charge in [0.2, 0.25) is 0 Å². The second kappa shape index (κ2) is 8.43. The van der Waals surface area contributed by atoms with Crippen LogP contribution in [0.5, 0.6) is 0 Å². The van der Waals surface area contributed by atoms with Gasteiger partial charge in [-0.05, 0) is 49.4 Å². The molecule has 3 aliphatic heterocycles. The average Bonchev–Trinajstić information content (AvgIpc) is 3.05. The maximum absolute atomic E-state index is 12.6. The van der Waals surface area contributed by atoms with Crippen molar-refractivity contribution in [2.45, 2.75) is 18.9 Å². The van der Waals surface area contributed by atoms with Gasteiger partial charge in [-0.1, -0.05) is 17.3 Å². The summed E-state index contributed by atoms with van der Waals surface area (Å²) >= 11 is 1.44. The van der Waals surface area contributed by atoms with E-state index >= 15 is 0 Å². The van der Waals surface area contributed by atoms with Crippen LogP contribution in [0.15, 0.2) is 29.4 Å². The third kappa shape index (κ3) is 3.91. The van der Waals surface area contributed by atoms with E-state index in [4.69, 9.17) is 10.9 Å². The van der Waals surface area contributed by atoms with Crippen LogP contribution in [-0.4, -0.2) is 47.5 Å². The second-order valence-electron chi connectivity index (χ2n) is 6.57. The SMILES string of the molecule is Cl.Cl.N/C(=N\O)c1ccc2cc(C(=O)N[C@H]3CN4CCC3CC4)sc2c1. The van der Waals surface area contributed by atoms with Gasteiger partial charge in [0.25, 0.3) is 5.91 Å². The van der Waals surface area contributed by atoms with Gasteiger partial charge in [-0.2, -0.15) is 0 Å². The highest BCUT2D eigenvalue weighted by Gasteiger charge is 2.35. The minimum Gasteiger partial charge on any atom is -0.409 e. The first kappa shape index (κ1) is 20.8. The summed E-state index contributed by atoms with van der Waals surface area (Å²) < 4.78 is 0.957. The predicted octanol–water partition coefficient (Wildman–Crippen LogP) is 2.66. The summed E-state index contributed by atoms with van der Waals surface area (Å²) in [6.07, 6.45) is 2.36. The lowest BCUT2D eigenvalue weighted by Crippen LogP contribution is -2.57. The molecule has 4 heterocycles. The van der Waals surface area contributed by atoms with Crippen molar-refractivity contribution in [3.8, 4) is 0 Å². The lowest BCUT2D eigenvalue weighted by molar-refractivity contribution is 0.0622. The first-order valence-corrected chi connectivity index (χ1v) is 9.00. The number of benzene rings is 1. The molecule has 3 saturated heterocycles. The molecule has 4 N–H and O–H groups in total. The molecular formula is C17H22Cl2N4O2S. The van der Waals surface area contributed by atoms with E-state index in [9.17, 15) is 4.79 Å². The van der Waals surface area contributed by atoms with Gasteiger partial charge in [0.05, 0.1) is 4.88 Å². The number of rotatable bonds is 3. The summed E-state index contributed by atoms with van der Waals surface area (Å²) in [6, 6.07) is 7.70. The topological polar surface area (TPSA) is 91.0 Å². The molecule has 0 aliphatic carbocycles. The van der Waals surface area contributed by atoms with Crippen LogP contribution >= 0.6 is 36.2 Å². The highest BCUT2D eigenvalue weighted by atomic mass is 35.5. The van der Waals surface area contributed by atoms with E-state index in [1.807, 2.05) is 18.2 Å². The number of nitrogens with two attached hydrogens (primary N) is 1. The van der Waals surface area contributed by atoms with Gasteiger partial charge < -0.3 is 21.2 Å². The molecular weight excluding hydrogens is 395 g/mol. The molecule has 3 aliphatic rings. The van der Waals surface area contributed by atoms with Gasteiger partial charge in [0, 0.05) is 22.8 Å². The van der Waals surface area contributed by atoms with Crippen molar-refractivity contribution in [3.63, 3.8) is 0 Å². The quantitative estimate of drug-likeness (QED) is 0.310. The number of piperidine rings is 3. The average molecular weight is 417 g/mol. The van der Waals surface area contributed by atoms with E-state index in [0.29, 0.717) is 16.4 Å². The zero-order chi connectivity index (χ0) is 16.7. The van der Waals surface area contributed by atoms with E-state index in [1.165, 1.54) is 24.2 Å². The van der Waals surface area contributed by atoms with Crippen LogP contribution in [0, 0.1) is 5.92 Å². The third-order valence-corrected chi connectivity index (χ3v) is 6.22. The molecule has 0 radical (unpaired) electrons. The Labute approximate surface area is 168 Å².